The fourth-order valence-corrected chi connectivity index (χ4v) is 4.14. The van der Waals surface area contributed by atoms with Gasteiger partial charge in [0.05, 0.1) is 24.3 Å². The van der Waals surface area contributed by atoms with Gasteiger partial charge < -0.3 is 19.5 Å². The fraction of sp³-hybridized carbons (Fsp3) is 0.259. The van der Waals surface area contributed by atoms with E-state index >= 15 is 0 Å². The predicted octanol–water partition coefficient (Wildman–Crippen LogP) is 4.70. The van der Waals surface area contributed by atoms with Crippen LogP contribution in [0, 0.1) is 0 Å². The van der Waals surface area contributed by atoms with E-state index in [-0.39, 0.29) is 30.6 Å². The number of aliphatic hydroxyl groups excluding tert-OH is 1. The second kappa shape index (κ2) is 9.46. The molecule has 3 aromatic rings. The molecule has 0 radical (unpaired) electrons. The topological polar surface area (TPSA) is 76.1 Å². The summed E-state index contributed by atoms with van der Waals surface area (Å²) in [5.74, 6) is -0.852. The van der Waals surface area contributed by atoms with Gasteiger partial charge in [0.15, 0.2) is 0 Å². The summed E-state index contributed by atoms with van der Waals surface area (Å²) < 4.78 is 10.9. The van der Waals surface area contributed by atoms with Crippen LogP contribution in [-0.4, -0.2) is 48.1 Å². The number of nitrogens with zero attached hydrogens (tertiary/aromatic N) is 1. The predicted molar refractivity (Wildman–Crippen MR) is 127 cm³/mol. The molecule has 1 aliphatic rings. The zero-order chi connectivity index (χ0) is 23.5. The lowest BCUT2D eigenvalue weighted by Gasteiger charge is -2.25. The van der Waals surface area contributed by atoms with Gasteiger partial charge in [0.2, 0.25) is 0 Å². The Morgan fingerprint density at radius 3 is 2.36 bits per heavy atom. The number of methoxy groups -OCH3 is 1. The number of ether oxygens (including phenoxy) is 2. The molecule has 1 atom stereocenters. The first-order valence-electron chi connectivity index (χ1n) is 10.9. The Morgan fingerprint density at radius 1 is 1.00 bits per heavy atom. The molecule has 0 aromatic heterocycles. The van der Waals surface area contributed by atoms with Crippen LogP contribution in [0.4, 0.5) is 0 Å². The maximum Gasteiger partial charge on any atom is 0.295 e. The first-order valence-corrected chi connectivity index (χ1v) is 10.9. The Morgan fingerprint density at radius 2 is 1.70 bits per heavy atom. The molecule has 170 valence electrons. The standard InChI is InChI=1S/C27H27NO5/c1-17(2)33-22-12-10-19(11-13-22)24-23(26(30)27(31)28(24)14-15-32-3)25(29)21-9-8-18-6-4-5-7-20(18)16-21/h4-13,16-17,24,29H,14-15H2,1-3H3/b25-23-. The van der Waals surface area contributed by atoms with Crippen molar-refractivity contribution in [2.24, 2.45) is 0 Å². The normalized spacial score (nSPS) is 17.8. The van der Waals surface area contributed by atoms with Crippen molar-refractivity contribution >= 4 is 28.2 Å². The van der Waals surface area contributed by atoms with Crippen LogP contribution in [0.5, 0.6) is 5.75 Å². The van der Waals surface area contributed by atoms with E-state index in [9.17, 15) is 14.7 Å². The summed E-state index contributed by atoms with van der Waals surface area (Å²) in [6, 6.07) is 19.8. The average Bonchev–Trinajstić information content (AvgIpc) is 3.07. The highest BCUT2D eigenvalue weighted by atomic mass is 16.5. The molecule has 1 heterocycles. The van der Waals surface area contributed by atoms with Gasteiger partial charge in [0, 0.05) is 19.2 Å². The Kier molecular flexibility index (Phi) is 6.47. The highest BCUT2D eigenvalue weighted by Gasteiger charge is 2.45. The van der Waals surface area contributed by atoms with E-state index < -0.39 is 17.7 Å². The van der Waals surface area contributed by atoms with Crippen molar-refractivity contribution in [2.45, 2.75) is 26.0 Å². The number of hydrogen-bond donors (Lipinski definition) is 1. The molecule has 1 aliphatic heterocycles. The van der Waals surface area contributed by atoms with Gasteiger partial charge in [-0.3, -0.25) is 9.59 Å². The number of hydrogen-bond acceptors (Lipinski definition) is 5. The minimum atomic E-state index is -0.722. The average molecular weight is 446 g/mol. The summed E-state index contributed by atoms with van der Waals surface area (Å²) >= 11 is 0. The number of Topliss-reactive ketones (excluding diaryl/α,β-unsaturated/α-hetero) is 1. The largest absolute Gasteiger partial charge is 0.507 e. The van der Waals surface area contributed by atoms with Gasteiger partial charge in [-0.15, -0.1) is 0 Å². The highest BCUT2D eigenvalue weighted by molar-refractivity contribution is 6.46. The summed E-state index contributed by atoms with van der Waals surface area (Å²) in [5.41, 5.74) is 1.27. The fourth-order valence-electron chi connectivity index (χ4n) is 4.14. The summed E-state index contributed by atoms with van der Waals surface area (Å²) in [6.45, 7) is 4.38. The van der Waals surface area contributed by atoms with Gasteiger partial charge in [-0.25, -0.2) is 0 Å². The maximum absolute atomic E-state index is 13.1. The Bertz CT molecular complexity index is 1210. The van der Waals surface area contributed by atoms with E-state index in [1.165, 1.54) is 4.90 Å². The molecule has 33 heavy (non-hydrogen) atoms. The molecule has 4 rings (SSSR count). The molecular weight excluding hydrogens is 418 g/mol. The van der Waals surface area contributed by atoms with Crippen LogP contribution in [0.3, 0.4) is 0 Å². The first kappa shape index (κ1) is 22.6. The first-order chi connectivity index (χ1) is 15.9. The quantitative estimate of drug-likeness (QED) is 0.324. The molecule has 1 saturated heterocycles. The number of fused-ring (bicyclic) bond motifs is 1. The smallest absolute Gasteiger partial charge is 0.295 e. The zero-order valence-corrected chi connectivity index (χ0v) is 18.9. The van der Waals surface area contributed by atoms with Gasteiger partial charge in [0.1, 0.15) is 11.5 Å². The van der Waals surface area contributed by atoms with Crippen LogP contribution >= 0.6 is 0 Å². The minimum Gasteiger partial charge on any atom is -0.507 e. The molecule has 1 amide bonds. The summed E-state index contributed by atoms with van der Waals surface area (Å²) in [5, 5.41) is 13.2. The van der Waals surface area contributed by atoms with Crippen LogP contribution < -0.4 is 4.74 Å². The van der Waals surface area contributed by atoms with Crippen LogP contribution in [0.2, 0.25) is 0 Å². The van der Waals surface area contributed by atoms with Gasteiger partial charge in [-0.2, -0.15) is 0 Å². The second-order valence-corrected chi connectivity index (χ2v) is 8.28. The monoisotopic (exact) mass is 445 g/mol. The number of carbonyl (C=O) groups is 2. The SMILES string of the molecule is COCCN1C(=O)C(=O)/C(=C(\O)c2ccc3ccccc3c2)C1c1ccc(OC(C)C)cc1. The third-order valence-corrected chi connectivity index (χ3v) is 5.67. The van der Waals surface area contributed by atoms with Crippen molar-refractivity contribution in [2.75, 3.05) is 20.3 Å². The lowest BCUT2D eigenvalue weighted by Crippen LogP contribution is -2.32. The van der Waals surface area contributed by atoms with Crippen molar-refractivity contribution in [3.63, 3.8) is 0 Å². The molecule has 0 saturated carbocycles. The molecule has 3 aromatic carbocycles. The van der Waals surface area contributed by atoms with Crippen molar-refractivity contribution in [3.05, 3.63) is 83.4 Å². The highest BCUT2D eigenvalue weighted by Crippen LogP contribution is 2.40. The van der Waals surface area contributed by atoms with E-state index in [0.29, 0.717) is 16.9 Å². The van der Waals surface area contributed by atoms with Gasteiger partial charge in [0.25, 0.3) is 11.7 Å². The van der Waals surface area contributed by atoms with E-state index in [1.54, 1.807) is 13.2 Å². The summed E-state index contributed by atoms with van der Waals surface area (Å²) in [4.78, 5) is 27.5. The minimum absolute atomic E-state index is 0.0242. The maximum atomic E-state index is 13.1. The van der Waals surface area contributed by atoms with Crippen LogP contribution in [-0.2, 0) is 14.3 Å². The number of aliphatic hydroxyl groups is 1. The van der Waals surface area contributed by atoms with Gasteiger partial charge in [-0.05, 0) is 48.4 Å². The molecule has 1 unspecified atom stereocenters. The second-order valence-electron chi connectivity index (χ2n) is 8.28. The number of benzene rings is 3. The summed E-state index contributed by atoms with van der Waals surface area (Å²) in [6.07, 6.45) is 0.0242. The van der Waals surface area contributed by atoms with Crippen molar-refractivity contribution in [3.8, 4) is 5.75 Å². The lowest BCUT2D eigenvalue weighted by atomic mass is 9.94. The van der Waals surface area contributed by atoms with Crippen molar-refractivity contribution < 1.29 is 24.2 Å². The molecule has 1 fully saturated rings. The summed E-state index contributed by atoms with van der Waals surface area (Å²) in [7, 11) is 1.54. The molecule has 0 bridgehead atoms. The number of likely N-dealkylation sites (tertiary alicyclic amines) is 1. The molecule has 6 heteroatoms. The number of carbonyl (C=O) groups excluding carboxylic acids is 2. The number of amides is 1. The van der Waals surface area contributed by atoms with E-state index in [0.717, 1.165) is 10.8 Å². The van der Waals surface area contributed by atoms with Crippen molar-refractivity contribution in [1.29, 1.82) is 0 Å². The third kappa shape index (κ3) is 4.47. The lowest BCUT2D eigenvalue weighted by molar-refractivity contribution is -0.140. The van der Waals surface area contributed by atoms with E-state index in [1.807, 2.05) is 74.5 Å². The van der Waals surface area contributed by atoms with Crippen LogP contribution in [0.25, 0.3) is 16.5 Å². The van der Waals surface area contributed by atoms with Gasteiger partial charge >= 0.3 is 0 Å². The Hall–Kier alpha value is -3.64. The van der Waals surface area contributed by atoms with Gasteiger partial charge in [-0.1, -0.05) is 48.5 Å². The Balaban J connectivity index is 1.82. The van der Waals surface area contributed by atoms with Crippen LogP contribution in [0.1, 0.15) is 31.0 Å². The Labute approximate surface area is 193 Å². The van der Waals surface area contributed by atoms with E-state index in [2.05, 4.69) is 0 Å². The third-order valence-electron chi connectivity index (χ3n) is 5.67. The van der Waals surface area contributed by atoms with Crippen LogP contribution in [0.15, 0.2) is 72.3 Å². The molecule has 1 N–H and O–H groups in total. The molecule has 0 spiro atoms. The van der Waals surface area contributed by atoms with Crippen molar-refractivity contribution in [1.82, 2.24) is 4.90 Å². The number of ketones is 1. The molecule has 6 nitrogen and oxygen atoms in total. The number of rotatable bonds is 7. The zero-order valence-electron chi connectivity index (χ0n) is 18.9. The molecular formula is C27H27NO5. The van der Waals surface area contributed by atoms with E-state index in [4.69, 9.17) is 9.47 Å². The molecule has 0 aliphatic carbocycles.